The minimum atomic E-state index is -0.634. The molecule has 0 aliphatic carbocycles. The van der Waals surface area contributed by atoms with Crippen molar-refractivity contribution < 1.29 is 9.18 Å². The van der Waals surface area contributed by atoms with Gasteiger partial charge in [-0.2, -0.15) is 16.2 Å². The molecular weight excluding hydrogens is 227 g/mol. The van der Waals surface area contributed by atoms with Crippen molar-refractivity contribution in [3.05, 3.63) is 29.8 Å². The fourth-order valence-electron chi connectivity index (χ4n) is 1.26. The van der Waals surface area contributed by atoms with Gasteiger partial charge in [0.2, 0.25) is 5.95 Å². The summed E-state index contributed by atoms with van der Waals surface area (Å²) in [6, 6.07) is 2.63. The molecule has 1 aromatic heterocycles. The molecule has 0 bridgehead atoms. The van der Waals surface area contributed by atoms with Crippen molar-refractivity contribution in [1.29, 1.82) is 0 Å². The van der Waals surface area contributed by atoms with Gasteiger partial charge in [-0.15, -0.1) is 0 Å². The van der Waals surface area contributed by atoms with Crippen molar-refractivity contribution in [3.8, 4) is 0 Å². The minimum absolute atomic E-state index is 0.255. The molecule has 0 aliphatic rings. The number of amides is 1. The van der Waals surface area contributed by atoms with Crippen LogP contribution in [0, 0.1) is 11.9 Å². The second-order valence-electron chi connectivity index (χ2n) is 3.64. The maximum absolute atomic E-state index is 12.8. The second kappa shape index (κ2) is 6.48. The number of carbonyl (C=O) groups excluding carboxylic acids is 1. The van der Waals surface area contributed by atoms with Gasteiger partial charge in [0.1, 0.15) is 0 Å². The molecule has 1 N–H and O–H groups in total. The van der Waals surface area contributed by atoms with Crippen molar-refractivity contribution in [1.82, 2.24) is 10.3 Å². The average molecular weight is 242 g/mol. The van der Waals surface area contributed by atoms with Gasteiger partial charge in [0.05, 0.1) is 0 Å². The Hall–Kier alpha value is -1.10. The molecule has 0 radical (unpaired) electrons. The molecule has 1 rings (SSSR count). The van der Waals surface area contributed by atoms with Crippen LogP contribution < -0.4 is 5.32 Å². The van der Waals surface area contributed by atoms with Crippen LogP contribution in [0.2, 0.25) is 0 Å². The zero-order valence-electron chi connectivity index (χ0n) is 9.37. The van der Waals surface area contributed by atoms with Gasteiger partial charge in [0.25, 0.3) is 5.91 Å². The van der Waals surface area contributed by atoms with Crippen LogP contribution in [0.25, 0.3) is 0 Å². The SMILES string of the molecule is CSCC(C)CNC(=O)c1ccnc(F)c1. The van der Waals surface area contributed by atoms with Gasteiger partial charge >= 0.3 is 0 Å². The van der Waals surface area contributed by atoms with E-state index < -0.39 is 5.95 Å². The van der Waals surface area contributed by atoms with Crippen LogP contribution >= 0.6 is 11.8 Å². The average Bonchev–Trinajstić information content (AvgIpc) is 2.26. The van der Waals surface area contributed by atoms with E-state index in [1.165, 1.54) is 12.3 Å². The quantitative estimate of drug-likeness (QED) is 0.802. The number of aromatic nitrogens is 1. The minimum Gasteiger partial charge on any atom is -0.352 e. The zero-order valence-corrected chi connectivity index (χ0v) is 10.2. The predicted octanol–water partition coefficient (Wildman–Crippen LogP) is 1.95. The van der Waals surface area contributed by atoms with Crippen molar-refractivity contribution in [2.75, 3.05) is 18.6 Å². The number of pyridine rings is 1. The Labute approximate surface area is 98.8 Å². The Morgan fingerprint density at radius 2 is 2.44 bits per heavy atom. The number of carbonyl (C=O) groups is 1. The van der Waals surface area contributed by atoms with E-state index in [9.17, 15) is 9.18 Å². The molecule has 0 spiro atoms. The Balaban J connectivity index is 2.47. The number of rotatable bonds is 5. The summed E-state index contributed by atoms with van der Waals surface area (Å²) in [5, 5.41) is 2.76. The van der Waals surface area contributed by atoms with Gasteiger partial charge in [0, 0.05) is 24.4 Å². The monoisotopic (exact) mass is 242 g/mol. The van der Waals surface area contributed by atoms with E-state index in [0.29, 0.717) is 18.0 Å². The molecule has 0 aromatic carbocycles. The van der Waals surface area contributed by atoms with E-state index in [0.717, 1.165) is 11.8 Å². The van der Waals surface area contributed by atoms with Crippen molar-refractivity contribution in [2.45, 2.75) is 6.92 Å². The van der Waals surface area contributed by atoms with Crippen molar-refractivity contribution >= 4 is 17.7 Å². The molecule has 0 saturated heterocycles. The van der Waals surface area contributed by atoms with Crippen LogP contribution in [-0.4, -0.2) is 29.4 Å². The van der Waals surface area contributed by atoms with E-state index in [1.807, 2.05) is 6.26 Å². The summed E-state index contributed by atoms with van der Waals surface area (Å²) in [5.74, 6) is 0.509. The van der Waals surface area contributed by atoms with Gasteiger partial charge in [-0.3, -0.25) is 4.79 Å². The van der Waals surface area contributed by atoms with Crippen LogP contribution in [0.4, 0.5) is 4.39 Å². The Morgan fingerprint density at radius 3 is 3.06 bits per heavy atom. The summed E-state index contributed by atoms with van der Waals surface area (Å²) >= 11 is 1.74. The lowest BCUT2D eigenvalue weighted by molar-refractivity contribution is 0.0948. The molecule has 0 aliphatic heterocycles. The van der Waals surface area contributed by atoms with E-state index in [1.54, 1.807) is 11.8 Å². The summed E-state index contributed by atoms with van der Waals surface area (Å²) in [6.07, 6.45) is 3.31. The molecule has 0 saturated carbocycles. The Kier molecular flexibility index (Phi) is 5.25. The maximum atomic E-state index is 12.8. The highest BCUT2D eigenvalue weighted by atomic mass is 32.2. The van der Waals surface area contributed by atoms with Gasteiger partial charge < -0.3 is 5.32 Å². The summed E-state index contributed by atoms with van der Waals surface area (Å²) in [5.41, 5.74) is 0.309. The highest BCUT2D eigenvalue weighted by molar-refractivity contribution is 7.98. The zero-order chi connectivity index (χ0) is 12.0. The largest absolute Gasteiger partial charge is 0.352 e. The molecule has 1 aromatic rings. The van der Waals surface area contributed by atoms with Crippen molar-refractivity contribution in [2.24, 2.45) is 5.92 Å². The molecular formula is C11H15FN2OS. The fourth-order valence-corrected chi connectivity index (χ4v) is 1.94. The van der Waals surface area contributed by atoms with Gasteiger partial charge in [0.15, 0.2) is 0 Å². The van der Waals surface area contributed by atoms with Crippen LogP contribution in [-0.2, 0) is 0 Å². The van der Waals surface area contributed by atoms with Crippen LogP contribution in [0.1, 0.15) is 17.3 Å². The lowest BCUT2D eigenvalue weighted by atomic mass is 10.2. The molecule has 88 valence electrons. The first kappa shape index (κ1) is 13.0. The van der Waals surface area contributed by atoms with Crippen LogP contribution in [0.3, 0.4) is 0 Å². The fraction of sp³-hybridized carbons (Fsp3) is 0.455. The molecule has 16 heavy (non-hydrogen) atoms. The van der Waals surface area contributed by atoms with Crippen molar-refractivity contribution in [3.63, 3.8) is 0 Å². The molecule has 1 unspecified atom stereocenters. The third-order valence-corrected chi connectivity index (χ3v) is 2.95. The molecule has 5 heteroatoms. The van der Waals surface area contributed by atoms with Crippen LogP contribution in [0.15, 0.2) is 18.3 Å². The number of nitrogens with zero attached hydrogens (tertiary/aromatic N) is 1. The first-order valence-corrected chi connectivity index (χ1v) is 6.41. The molecule has 3 nitrogen and oxygen atoms in total. The topological polar surface area (TPSA) is 42.0 Å². The first-order valence-electron chi connectivity index (χ1n) is 5.02. The molecule has 1 heterocycles. The Bertz CT molecular complexity index is 360. The predicted molar refractivity (Wildman–Crippen MR) is 64.1 cm³/mol. The third kappa shape index (κ3) is 4.18. The normalized spacial score (nSPS) is 12.2. The van der Waals surface area contributed by atoms with E-state index in [2.05, 4.69) is 17.2 Å². The number of thioether (sulfide) groups is 1. The Morgan fingerprint density at radius 1 is 1.69 bits per heavy atom. The van der Waals surface area contributed by atoms with E-state index in [4.69, 9.17) is 0 Å². The first-order chi connectivity index (χ1) is 7.63. The van der Waals surface area contributed by atoms with E-state index >= 15 is 0 Å². The maximum Gasteiger partial charge on any atom is 0.251 e. The van der Waals surface area contributed by atoms with Crippen LogP contribution in [0.5, 0.6) is 0 Å². The number of hydrogen-bond acceptors (Lipinski definition) is 3. The standard InChI is InChI=1S/C11H15FN2OS/c1-8(7-16-2)6-14-11(15)9-3-4-13-10(12)5-9/h3-5,8H,6-7H2,1-2H3,(H,14,15). The number of nitrogens with one attached hydrogen (secondary N) is 1. The molecule has 0 fully saturated rings. The molecule has 1 atom stereocenters. The lowest BCUT2D eigenvalue weighted by Crippen LogP contribution is -2.29. The second-order valence-corrected chi connectivity index (χ2v) is 4.55. The summed E-state index contributed by atoms with van der Waals surface area (Å²) in [7, 11) is 0. The molecule has 1 amide bonds. The lowest BCUT2D eigenvalue weighted by Gasteiger charge is -2.10. The number of hydrogen-bond donors (Lipinski definition) is 1. The smallest absolute Gasteiger partial charge is 0.251 e. The summed E-state index contributed by atoms with van der Waals surface area (Å²) in [4.78, 5) is 15.0. The summed E-state index contributed by atoms with van der Waals surface area (Å²) in [6.45, 7) is 2.66. The summed E-state index contributed by atoms with van der Waals surface area (Å²) < 4.78 is 12.8. The number of halogens is 1. The highest BCUT2D eigenvalue weighted by Crippen LogP contribution is 2.04. The third-order valence-electron chi connectivity index (χ3n) is 2.05. The van der Waals surface area contributed by atoms with Gasteiger partial charge in [-0.1, -0.05) is 6.92 Å². The highest BCUT2D eigenvalue weighted by Gasteiger charge is 2.08. The van der Waals surface area contributed by atoms with Gasteiger partial charge in [-0.25, -0.2) is 4.98 Å². The van der Waals surface area contributed by atoms with E-state index in [-0.39, 0.29) is 5.91 Å². The van der Waals surface area contributed by atoms with Gasteiger partial charge in [-0.05, 0) is 24.0 Å².